The molecule has 1 aliphatic rings. The first-order valence-corrected chi connectivity index (χ1v) is 5.25. The molecule has 1 aliphatic heterocycles. The zero-order chi connectivity index (χ0) is 9.80. The molecule has 0 spiro atoms. The minimum atomic E-state index is 0.536. The van der Waals surface area contributed by atoms with E-state index in [0.29, 0.717) is 6.54 Å². The second-order valence-electron chi connectivity index (χ2n) is 3.84. The van der Waals surface area contributed by atoms with Crippen LogP contribution in [0.15, 0.2) is 18.3 Å². The van der Waals surface area contributed by atoms with Crippen molar-refractivity contribution in [3.05, 3.63) is 29.6 Å². The van der Waals surface area contributed by atoms with Crippen LogP contribution in [0.2, 0.25) is 0 Å². The van der Waals surface area contributed by atoms with E-state index in [4.69, 9.17) is 5.73 Å². The Balaban J connectivity index is 2.00. The highest BCUT2D eigenvalue weighted by Crippen LogP contribution is 2.12. The number of aromatic nitrogens is 1. The fraction of sp³-hybridized carbons (Fsp3) is 0.545. The van der Waals surface area contributed by atoms with Gasteiger partial charge in [-0.05, 0) is 43.6 Å². The second kappa shape index (κ2) is 4.53. The van der Waals surface area contributed by atoms with Gasteiger partial charge in [-0.3, -0.25) is 9.88 Å². The van der Waals surface area contributed by atoms with Crippen molar-refractivity contribution in [1.82, 2.24) is 9.88 Å². The number of nitrogens with zero attached hydrogens (tertiary/aromatic N) is 2. The van der Waals surface area contributed by atoms with Crippen molar-refractivity contribution in [3.8, 4) is 0 Å². The highest BCUT2D eigenvalue weighted by molar-refractivity contribution is 5.16. The van der Waals surface area contributed by atoms with Gasteiger partial charge in [0.1, 0.15) is 0 Å². The van der Waals surface area contributed by atoms with Crippen LogP contribution in [0.4, 0.5) is 0 Å². The first-order chi connectivity index (χ1) is 6.88. The van der Waals surface area contributed by atoms with Crippen molar-refractivity contribution < 1.29 is 0 Å². The van der Waals surface area contributed by atoms with E-state index in [0.717, 1.165) is 12.2 Å². The largest absolute Gasteiger partial charge is 0.325 e. The van der Waals surface area contributed by atoms with E-state index in [1.54, 1.807) is 0 Å². The molecule has 0 radical (unpaired) electrons. The molecule has 3 heteroatoms. The van der Waals surface area contributed by atoms with Crippen LogP contribution in [0.5, 0.6) is 0 Å². The van der Waals surface area contributed by atoms with E-state index in [2.05, 4.69) is 22.0 Å². The van der Waals surface area contributed by atoms with Gasteiger partial charge in [-0.2, -0.15) is 0 Å². The highest BCUT2D eigenvalue weighted by atomic mass is 15.1. The minimum Gasteiger partial charge on any atom is -0.325 e. The maximum absolute atomic E-state index is 5.55. The van der Waals surface area contributed by atoms with Crippen molar-refractivity contribution in [3.63, 3.8) is 0 Å². The van der Waals surface area contributed by atoms with Crippen LogP contribution in [0.3, 0.4) is 0 Å². The van der Waals surface area contributed by atoms with Gasteiger partial charge >= 0.3 is 0 Å². The number of likely N-dealkylation sites (tertiary alicyclic amines) is 1. The third-order valence-corrected chi connectivity index (χ3v) is 2.69. The molecule has 2 N–H and O–H groups in total. The van der Waals surface area contributed by atoms with Gasteiger partial charge in [0.05, 0.1) is 5.69 Å². The lowest BCUT2D eigenvalue weighted by Gasteiger charge is -2.14. The summed E-state index contributed by atoms with van der Waals surface area (Å²) in [6, 6.07) is 4.19. The summed E-state index contributed by atoms with van der Waals surface area (Å²) in [7, 11) is 0. The van der Waals surface area contributed by atoms with Crippen LogP contribution in [0, 0.1) is 0 Å². The van der Waals surface area contributed by atoms with Gasteiger partial charge in [-0.25, -0.2) is 0 Å². The van der Waals surface area contributed by atoms with E-state index >= 15 is 0 Å². The molecule has 0 amide bonds. The third kappa shape index (κ3) is 2.30. The topological polar surface area (TPSA) is 42.1 Å². The normalized spacial score (nSPS) is 17.5. The lowest BCUT2D eigenvalue weighted by atomic mass is 10.2. The maximum Gasteiger partial charge on any atom is 0.0542 e. The third-order valence-electron chi connectivity index (χ3n) is 2.69. The van der Waals surface area contributed by atoms with E-state index in [-0.39, 0.29) is 0 Å². The number of hydrogen-bond donors (Lipinski definition) is 1. The first kappa shape index (κ1) is 9.62. The Kier molecular flexibility index (Phi) is 3.11. The van der Waals surface area contributed by atoms with Gasteiger partial charge < -0.3 is 5.73 Å². The van der Waals surface area contributed by atoms with Gasteiger partial charge in [-0.1, -0.05) is 0 Å². The summed E-state index contributed by atoms with van der Waals surface area (Å²) in [6.07, 6.45) is 4.54. The summed E-state index contributed by atoms with van der Waals surface area (Å²) in [5.74, 6) is 0. The zero-order valence-corrected chi connectivity index (χ0v) is 8.45. The van der Waals surface area contributed by atoms with Crippen LogP contribution in [0.1, 0.15) is 24.1 Å². The molecule has 3 nitrogen and oxygen atoms in total. The summed E-state index contributed by atoms with van der Waals surface area (Å²) in [4.78, 5) is 6.67. The summed E-state index contributed by atoms with van der Waals surface area (Å²) in [5, 5.41) is 0. The maximum atomic E-state index is 5.55. The van der Waals surface area contributed by atoms with E-state index in [1.807, 2.05) is 6.20 Å². The van der Waals surface area contributed by atoms with Crippen LogP contribution in [-0.4, -0.2) is 23.0 Å². The highest BCUT2D eigenvalue weighted by Gasteiger charge is 2.11. The van der Waals surface area contributed by atoms with Gasteiger partial charge in [-0.15, -0.1) is 0 Å². The number of nitrogens with two attached hydrogens (primary N) is 1. The Morgan fingerprint density at radius 3 is 2.86 bits per heavy atom. The molecular formula is C11H17N3. The van der Waals surface area contributed by atoms with Crippen LogP contribution in [0.25, 0.3) is 0 Å². The van der Waals surface area contributed by atoms with Crippen LogP contribution < -0.4 is 5.73 Å². The van der Waals surface area contributed by atoms with Gasteiger partial charge in [0.15, 0.2) is 0 Å². The SMILES string of the molecule is NCc1cc(CN2CCCC2)ccn1. The summed E-state index contributed by atoms with van der Waals surface area (Å²) in [6.45, 7) is 4.06. The Labute approximate surface area is 84.9 Å². The molecule has 1 aromatic heterocycles. The average Bonchev–Trinajstić information content (AvgIpc) is 2.71. The molecule has 0 aromatic carbocycles. The molecule has 1 fully saturated rings. The van der Waals surface area contributed by atoms with Crippen molar-refractivity contribution in [1.29, 1.82) is 0 Å². The number of rotatable bonds is 3. The van der Waals surface area contributed by atoms with Crippen LogP contribution >= 0.6 is 0 Å². The summed E-state index contributed by atoms with van der Waals surface area (Å²) in [5.41, 5.74) is 7.87. The average molecular weight is 191 g/mol. The van der Waals surface area contributed by atoms with E-state index in [1.165, 1.54) is 31.5 Å². The Hall–Kier alpha value is -0.930. The molecule has 76 valence electrons. The van der Waals surface area contributed by atoms with E-state index < -0.39 is 0 Å². The minimum absolute atomic E-state index is 0.536. The Morgan fingerprint density at radius 1 is 1.36 bits per heavy atom. The van der Waals surface area contributed by atoms with Gasteiger partial charge in [0.2, 0.25) is 0 Å². The molecule has 14 heavy (non-hydrogen) atoms. The Morgan fingerprint density at radius 2 is 2.14 bits per heavy atom. The molecule has 0 atom stereocenters. The standard InChI is InChI=1S/C11H17N3/c12-8-11-7-10(3-4-13-11)9-14-5-1-2-6-14/h3-4,7H,1-2,5-6,8-9,12H2. The monoisotopic (exact) mass is 191 g/mol. The van der Waals surface area contributed by atoms with E-state index in [9.17, 15) is 0 Å². The summed E-state index contributed by atoms with van der Waals surface area (Å²) < 4.78 is 0. The summed E-state index contributed by atoms with van der Waals surface area (Å²) >= 11 is 0. The lowest BCUT2D eigenvalue weighted by molar-refractivity contribution is 0.331. The fourth-order valence-electron chi connectivity index (χ4n) is 1.94. The molecule has 0 aliphatic carbocycles. The molecule has 1 aromatic rings. The molecular weight excluding hydrogens is 174 g/mol. The van der Waals surface area contributed by atoms with Gasteiger partial charge in [0.25, 0.3) is 0 Å². The van der Waals surface area contributed by atoms with Crippen molar-refractivity contribution in [2.24, 2.45) is 5.73 Å². The predicted molar refractivity (Wildman–Crippen MR) is 56.6 cm³/mol. The first-order valence-electron chi connectivity index (χ1n) is 5.25. The molecule has 0 saturated carbocycles. The Bertz CT molecular complexity index is 292. The quantitative estimate of drug-likeness (QED) is 0.779. The number of pyridine rings is 1. The van der Waals surface area contributed by atoms with Crippen molar-refractivity contribution in [2.45, 2.75) is 25.9 Å². The smallest absolute Gasteiger partial charge is 0.0542 e. The fourth-order valence-corrected chi connectivity index (χ4v) is 1.94. The van der Waals surface area contributed by atoms with Crippen molar-refractivity contribution in [2.75, 3.05) is 13.1 Å². The lowest BCUT2D eigenvalue weighted by Crippen LogP contribution is -2.18. The molecule has 2 rings (SSSR count). The molecule has 2 heterocycles. The zero-order valence-electron chi connectivity index (χ0n) is 8.45. The van der Waals surface area contributed by atoms with Crippen molar-refractivity contribution >= 4 is 0 Å². The van der Waals surface area contributed by atoms with Gasteiger partial charge in [0, 0.05) is 19.3 Å². The molecule has 0 unspecified atom stereocenters. The predicted octanol–water partition coefficient (Wildman–Crippen LogP) is 1.14. The number of hydrogen-bond acceptors (Lipinski definition) is 3. The molecule has 1 saturated heterocycles. The molecule has 0 bridgehead atoms. The van der Waals surface area contributed by atoms with Crippen LogP contribution in [-0.2, 0) is 13.1 Å². The second-order valence-corrected chi connectivity index (χ2v) is 3.84.